The summed E-state index contributed by atoms with van der Waals surface area (Å²) < 4.78 is 41.7. The zero-order chi connectivity index (χ0) is 75.1. The second-order valence-corrected chi connectivity index (χ2v) is 30.8. The van der Waals surface area contributed by atoms with Gasteiger partial charge in [-0.1, -0.05) is 116 Å². The SMILES string of the molecule is CC[C@H](C)[C@@H]1NC(=O)[C@H](CC(C)C)N(C)C(=O)C[C@@H](C(=O)N2CCCCC2)N(C)C(=O)[C@H](C2CCCCC2)N(C)C(=O)C2(CCCC2)NC(=O)[C@@H]2CCCN2C(=O)[C@H](CCc2ccc(C(F)(F)F)c(Cl)c2)NC(=O)CN(C)C(=O)[C@H](CC2CCCCC2)N(CC)C(=O)CN(C)C(=O)CN(C)C1=O. The number of aryl methyl sites for hydroxylation is 1. The van der Waals surface area contributed by atoms with Crippen molar-refractivity contribution in [2.75, 3.05) is 88.1 Å². The molecule has 7 rings (SSSR count). The maximum atomic E-state index is 15.8. The number of benzene rings is 1. The zero-order valence-corrected chi connectivity index (χ0v) is 62.9. The summed E-state index contributed by atoms with van der Waals surface area (Å²) in [5.74, 6) is -8.60. The van der Waals surface area contributed by atoms with Crippen molar-refractivity contribution in [3.63, 3.8) is 0 Å². The fourth-order valence-corrected chi connectivity index (χ4v) is 16.5. The number of hydrogen-bond acceptors (Lipinski definition) is 12. The summed E-state index contributed by atoms with van der Waals surface area (Å²) in [5, 5.41) is 8.23. The van der Waals surface area contributed by atoms with Crippen LogP contribution in [0.3, 0.4) is 0 Å². The molecule has 24 nitrogen and oxygen atoms in total. The summed E-state index contributed by atoms with van der Waals surface area (Å²) in [4.78, 5) is 192. The van der Waals surface area contributed by atoms with Gasteiger partial charge in [-0.25, -0.2) is 0 Å². The first kappa shape index (κ1) is 82.2. The average Bonchev–Trinajstić information content (AvgIpc) is 1.01. The van der Waals surface area contributed by atoms with Crippen molar-refractivity contribution in [3.8, 4) is 0 Å². The van der Waals surface area contributed by atoms with Gasteiger partial charge in [-0.2, -0.15) is 13.2 Å². The van der Waals surface area contributed by atoms with Gasteiger partial charge < -0.3 is 60.0 Å². The number of likely N-dealkylation sites (tertiary alicyclic amines) is 1. The molecule has 0 bridgehead atoms. The molecule has 3 N–H and O–H groups in total. The third-order valence-electron chi connectivity index (χ3n) is 22.5. The van der Waals surface area contributed by atoms with Crippen LogP contribution in [0.4, 0.5) is 13.2 Å². The van der Waals surface area contributed by atoms with Gasteiger partial charge in [0.05, 0.1) is 36.6 Å². The minimum atomic E-state index is -4.76. The zero-order valence-electron chi connectivity index (χ0n) is 62.1. The lowest BCUT2D eigenvalue weighted by Gasteiger charge is -2.43. The maximum Gasteiger partial charge on any atom is 0.417 e. The van der Waals surface area contributed by atoms with Crippen LogP contribution in [0, 0.1) is 23.7 Å². The number of nitrogens with one attached hydrogen (secondary N) is 3. The first-order valence-corrected chi connectivity index (χ1v) is 37.8. The van der Waals surface area contributed by atoms with E-state index in [1.807, 2.05) is 20.8 Å². The third-order valence-corrected chi connectivity index (χ3v) is 22.8. The lowest BCUT2D eigenvalue weighted by molar-refractivity contribution is -0.157. The van der Waals surface area contributed by atoms with Crippen molar-refractivity contribution in [1.29, 1.82) is 0 Å². The largest absolute Gasteiger partial charge is 0.417 e. The van der Waals surface area contributed by atoms with Crippen LogP contribution < -0.4 is 16.0 Å². The second kappa shape index (κ2) is 37.1. The van der Waals surface area contributed by atoms with Crippen LogP contribution in [-0.4, -0.2) is 251 Å². The number of fused-ring (bicyclic) bond motifs is 1. The van der Waals surface area contributed by atoms with Gasteiger partial charge in [0.25, 0.3) is 0 Å². The molecule has 1 aromatic carbocycles. The van der Waals surface area contributed by atoms with Crippen LogP contribution in [-0.2, 0) is 70.1 Å². The number of piperidine rings is 1. The Kier molecular flexibility index (Phi) is 29.9. The topological polar surface area (TPSA) is 270 Å². The normalized spacial score (nSPS) is 26.6. The molecule has 6 aliphatic rings. The Bertz CT molecular complexity index is 3150. The van der Waals surface area contributed by atoms with Crippen LogP contribution in [0.25, 0.3) is 0 Å². The second-order valence-electron chi connectivity index (χ2n) is 30.3. The van der Waals surface area contributed by atoms with E-state index in [1.54, 1.807) is 18.7 Å². The number of amides is 12. The number of nitrogens with zero attached hydrogens (tertiary/aromatic N) is 9. The van der Waals surface area contributed by atoms with Crippen LogP contribution in [0.2, 0.25) is 5.02 Å². The van der Waals surface area contributed by atoms with Crippen molar-refractivity contribution >= 4 is 82.5 Å². The predicted octanol–water partition coefficient (Wildman–Crippen LogP) is 6.81. The van der Waals surface area contributed by atoms with Gasteiger partial charge >= 0.3 is 6.18 Å². The third kappa shape index (κ3) is 20.7. The van der Waals surface area contributed by atoms with E-state index in [2.05, 4.69) is 16.0 Å². The predicted molar refractivity (Wildman–Crippen MR) is 378 cm³/mol. The summed E-state index contributed by atoms with van der Waals surface area (Å²) >= 11 is 6.18. The molecule has 28 heteroatoms. The lowest BCUT2D eigenvalue weighted by Crippen LogP contribution is -2.65. The Labute approximate surface area is 605 Å². The molecule has 3 aliphatic heterocycles. The number of rotatable bonds is 12. The van der Waals surface area contributed by atoms with Crippen LogP contribution in [0.15, 0.2) is 18.2 Å². The van der Waals surface area contributed by atoms with Gasteiger partial charge in [-0.15, -0.1) is 0 Å². The smallest absolute Gasteiger partial charge is 0.343 e. The summed E-state index contributed by atoms with van der Waals surface area (Å²) in [6.45, 7) is 8.21. The molecule has 0 radical (unpaired) electrons. The molecule has 12 amide bonds. The Morgan fingerprint density at radius 2 is 1.24 bits per heavy atom. The standard InChI is InChI=1S/C74H114ClF3N12O12/c1-12-48(5)63-70(100)84(8)45-61(93)82(6)46-62(94)89(13-2)58(42-49-26-17-14-18-27-49)68(98)83(7)44-59(91)79-54(34-32-50-31-33-52(53(75)41-50)74(76,77)78)67(97)90-39-25-30-55(90)66(96)81-73(35-21-22-36-73)72(102)87(11)64(51-28-19-15-20-29-51)71(101)86(10)57(69(99)88-37-23-16-24-38-88)43-60(92)85(9)56(40-47(3)4)65(95)80-63/h31,33,41,47-49,51,54-58,63-64H,12-30,32,34-40,42-46H2,1-11H3,(H,79,91)(H,80,95)(H,81,96)/t48-,54-,55-,56-,57-,58-,63-,64-/m0/s1. The van der Waals surface area contributed by atoms with Crippen LogP contribution in [0.5, 0.6) is 0 Å². The minimum Gasteiger partial charge on any atom is -0.343 e. The molecule has 1 aromatic rings. The Morgan fingerprint density at radius 3 is 1.83 bits per heavy atom. The monoisotopic (exact) mass is 1450 g/mol. The van der Waals surface area contributed by atoms with E-state index in [1.165, 1.54) is 72.9 Å². The number of carbonyl (C=O) groups excluding carboxylic acids is 12. The molecular weight excluding hydrogens is 1340 g/mol. The molecule has 1 spiro atoms. The maximum absolute atomic E-state index is 15.8. The van der Waals surface area contributed by atoms with E-state index in [0.717, 1.165) is 84.6 Å². The van der Waals surface area contributed by atoms with E-state index in [9.17, 15) is 37.1 Å². The first-order valence-electron chi connectivity index (χ1n) is 37.4. The molecular formula is C74H114ClF3N12O12. The fraction of sp³-hybridized carbons (Fsp3) is 0.757. The molecule has 0 unspecified atom stereocenters. The summed E-state index contributed by atoms with van der Waals surface area (Å²) in [6.07, 6.45) is 7.16. The van der Waals surface area contributed by atoms with Gasteiger partial charge in [-0.05, 0) is 132 Å². The summed E-state index contributed by atoms with van der Waals surface area (Å²) in [6, 6.07) is -5.49. The van der Waals surface area contributed by atoms with Gasteiger partial charge in [0, 0.05) is 68.5 Å². The molecule has 6 fully saturated rings. The van der Waals surface area contributed by atoms with E-state index >= 15 is 33.6 Å². The van der Waals surface area contributed by atoms with E-state index in [0.29, 0.717) is 70.0 Å². The Hall–Kier alpha value is -7.06. The Morgan fingerprint density at radius 1 is 0.627 bits per heavy atom. The molecule has 3 aliphatic carbocycles. The molecule has 0 aromatic heterocycles. The average molecular weight is 1460 g/mol. The number of hydrogen-bond donors (Lipinski definition) is 3. The van der Waals surface area contributed by atoms with Gasteiger partial charge in [-0.3, -0.25) is 57.5 Å². The minimum absolute atomic E-state index is 0.0212. The van der Waals surface area contributed by atoms with Gasteiger partial charge in [0.2, 0.25) is 70.9 Å². The van der Waals surface area contributed by atoms with E-state index in [4.69, 9.17) is 11.6 Å². The number of alkyl halides is 3. The highest BCUT2D eigenvalue weighted by molar-refractivity contribution is 6.31. The quantitative estimate of drug-likeness (QED) is 0.195. The lowest BCUT2D eigenvalue weighted by atomic mass is 9.81. The first-order chi connectivity index (χ1) is 48.2. The van der Waals surface area contributed by atoms with Gasteiger partial charge in [0.15, 0.2) is 0 Å². The Balaban J connectivity index is 1.30. The number of carbonyl (C=O) groups is 12. The number of halogens is 4. The van der Waals surface area contributed by atoms with Gasteiger partial charge in [0.1, 0.15) is 47.8 Å². The highest BCUT2D eigenvalue weighted by atomic mass is 35.5. The van der Waals surface area contributed by atoms with Crippen molar-refractivity contribution in [3.05, 3.63) is 34.3 Å². The molecule has 8 atom stereocenters. The van der Waals surface area contributed by atoms with Crippen molar-refractivity contribution in [2.24, 2.45) is 23.7 Å². The molecule has 3 saturated heterocycles. The molecule has 102 heavy (non-hydrogen) atoms. The summed E-state index contributed by atoms with van der Waals surface area (Å²) in [5.41, 5.74) is -2.33. The summed E-state index contributed by atoms with van der Waals surface area (Å²) in [7, 11) is 8.63. The van der Waals surface area contributed by atoms with Crippen molar-refractivity contribution < 1.29 is 70.7 Å². The van der Waals surface area contributed by atoms with Crippen LogP contribution in [0.1, 0.15) is 200 Å². The van der Waals surface area contributed by atoms with Crippen molar-refractivity contribution in [1.82, 2.24) is 60.0 Å². The molecule has 3 saturated carbocycles. The molecule has 3 heterocycles. The van der Waals surface area contributed by atoms with Crippen molar-refractivity contribution in [2.45, 2.75) is 249 Å². The van der Waals surface area contributed by atoms with Crippen LogP contribution >= 0.6 is 11.6 Å². The highest BCUT2D eigenvalue weighted by Crippen LogP contribution is 2.39. The highest BCUT2D eigenvalue weighted by Gasteiger charge is 2.52. The van der Waals surface area contributed by atoms with E-state index in [-0.39, 0.29) is 69.9 Å². The number of likely N-dealkylation sites (N-methyl/N-ethyl adjacent to an activating group) is 7. The fourth-order valence-electron chi connectivity index (χ4n) is 16.2. The van der Waals surface area contributed by atoms with E-state index < -0.39 is 173 Å². The molecule has 570 valence electrons.